The third-order valence-corrected chi connectivity index (χ3v) is 2.75. The molecule has 0 fully saturated rings. The first kappa shape index (κ1) is 12.0. The summed E-state index contributed by atoms with van der Waals surface area (Å²) in [4.78, 5) is 0. The number of nitrogens with one attached hydrogen (secondary N) is 1. The van der Waals surface area contributed by atoms with Gasteiger partial charge in [0.05, 0.1) is 11.3 Å². The van der Waals surface area contributed by atoms with Gasteiger partial charge >= 0.3 is 0 Å². The second kappa shape index (κ2) is 5.24. The highest BCUT2D eigenvalue weighted by Gasteiger charge is 2.03. The Morgan fingerprint density at radius 2 is 2.00 bits per heavy atom. The molecule has 0 aliphatic carbocycles. The molecule has 0 amide bonds. The highest BCUT2D eigenvalue weighted by molar-refractivity contribution is 5.57. The Balaban J connectivity index is 2.17. The number of nitriles is 1. The van der Waals surface area contributed by atoms with Crippen LogP contribution in [0.5, 0.6) is 5.75 Å². The van der Waals surface area contributed by atoms with Gasteiger partial charge in [0.2, 0.25) is 0 Å². The Bertz CT molecular complexity index is 600. The molecule has 0 bridgehead atoms. The predicted molar refractivity (Wildman–Crippen MR) is 71.3 cm³/mol. The van der Waals surface area contributed by atoms with E-state index in [1.807, 2.05) is 37.3 Å². The fourth-order valence-electron chi connectivity index (χ4n) is 1.78. The van der Waals surface area contributed by atoms with Crippen LogP contribution in [0.25, 0.3) is 0 Å². The minimum atomic E-state index is 0.266. The van der Waals surface area contributed by atoms with Crippen LogP contribution in [0.3, 0.4) is 0 Å². The van der Waals surface area contributed by atoms with Crippen molar-refractivity contribution in [2.75, 3.05) is 5.32 Å². The second-order valence-electron chi connectivity index (χ2n) is 4.14. The molecule has 0 aromatic heterocycles. The number of hydrogen-bond acceptors (Lipinski definition) is 3. The fourth-order valence-corrected chi connectivity index (χ4v) is 1.78. The van der Waals surface area contributed by atoms with Gasteiger partial charge in [-0.3, -0.25) is 0 Å². The number of rotatable bonds is 3. The maximum absolute atomic E-state index is 9.73. The second-order valence-corrected chi connectivity index (χ2v) is 4.14. The van der Waals surface area contributed by atoms with Crippen LogP contribution in [0.4, 0.5) is 5.69 Å². The van der Waals surface area contributed by atoms with Gasteiger partial charge in [-0.2, -0.15) is 5.26 Å². The SMILES string of the molecule is Cc1ccc(O)c(CNc2ccccc2C#N)c1. The van der Waals surface area contributed by atoms with Gasteiger partial charge in [-0.05, 0) is 25.1 Å². The van der Waals surface area contributed by atoms with E-state index in [1.165, 1.54) is 0 Å². The van der Waals surface area contributed by atoms with Crippen molar-refractivity contribution in [1.82, 2.24) is 0 Å². The summed E-state index contributed by atoms with van der Waals surface area (Å²) in [6.07, 6.45) is 0. The molecule has 2 aromatic carbocycles. The molecule has 2 N–H and O–H groups in total. The lowest BCUT2D eigenvalue weighted by atomic mass is 10.1. The Labute approximate surface area is 106 Å². The largest absolute Gasteiger partial charge is 0.508 e. The Kier molecular flexibility index (Phi) is 3.49. The molecule has 0 aliphatic rings. The van der Waals surface area contributed by atoms with Gasteiger partial charge < -0.3 is 10.4 Å². The maximum atomic E-state index is 9.73. The molecular weight excluding hydrogens is 224 g/mol. The summed E-state index contributed by atoms with van der Waals surface area (Å²) >= 11 is 0. The van der Waals surface area contributed by atoms with Crippen molar-refractivity contribution in [2.24, 2.45) is 0 Å². The van der Waals surface area contributed by atoms with Crippen molar-refractivity contribution in [3.05, 3.63) is 59.2 Å². The first-order valence-corrected chi connectivity index (χ1v) is 5.72. The van der Waals surface area contributed by atoms with E-state index in [0.29, 0.717) is 12.1 Å². The standard InChI is InChI=1S/C15H14N2O/c1-11-6-7-15(18)13(8-11)10-17-14-5-3-2-4-12(14)9-16/h2-8,17-18H,10H2,1H3. The van der Waals surface area contributed by atoms with Gasteiger partial charge in [0.25, 0.3) is 0 Å². The average Bonchev–Trinajstić information content (AvgIpc) is 2.40. The number of hydrogen-bond donors (Lipinski definition) is 2. The van der Waals surface area contributed by atoms with Crippen LogP contribution >= 0.6 is 0 Å². The Morgan fingerprint density at radius 3 is 2.78 bits per heavy atom. The van der Waals surface area contributed by atoms with E-state index in [-0.39, 0.29) is 5.75 Å². The summed E-state index contributed by atoms with van der Waals surface area (Å²) in [5.74, 6) is 0.266. The van der Waals surface area contributed by atoms with Crippen LogP contribution in [0, 0.1) is 18.3 Å². The van der Waals surface area contributed by atoms with Crippen LogP contribution < -0.4 is 5.32 Å². The molecular formula is C15H14N2O. The molecule has 0 saturated heterocycles. The van der Waals surface area contributed by atoms with Gasteiger partial charge in [0.15, 0.2) is 0 Å². The highest BCUT2D eigenvalue weighted by atomic mass is 16.3. The molecule has 0 spiro atoms. The van der Waals surface area contributed by atoms with Gasteiger partial charge in [-0.25, -0.2) is 0 Å². The third kappa shape index (κ3) is 2.61. The van der Waals surface area contributed by atoms with Gasteiger partial charge in [0, 0.05) is 12.1 Å². The van der Waals surface area contributed by atoms with Crippen molar-refractivity contribution in [3.63, 3.8) is 0 Å². The molecule has 0 atom stereocenters. The van der Waals surface area contributed by atoms with E-state index >= 15 is 0 Å². The summed E-state index contributed by atoms with van der Waals surface area (Å²) < 4.78 is 0. The van der Waals surface area contributed by atoms with Crippen molar-refractivity contribution < 1.29 is 5.11 Å². The molecule has 2 rings (SSSR count). The number of aromatic hydroxyl groups is 1. The summed E-state index contributed by atoms with van der Waals surface area (Å²) in [6.45, 7) is 2.47. The zero-order valence-electron chi connectivity index (χ0n) is 10.1. The zero-order valence-corrected chi connectivity index (χ0v) is 10.1. The van der Waals surface area contributed by atoms with Crippen LogP contribution in [-0.4, -0.2) is 5.11 Å². The summed E-state index contributed by atoms with van der Waals surface area (Å²) in [6, 6.07) is 14.9. The molecule has 3 nitrogen and oxygen atoms in total. The smallest absolute Gasteiger partial charge is 0.120 e. The number of para-hydroxylation sites is 1. The summed E-state index contributed by atoms with van der Waals surface area (Å²) in [5.41, 5.74) is 3.30. The minimum absolute atomic E-state index is 0.266. The lowest BCUT2D eigenvalue weighted by Crippen LogP contribution is -2.01. The predicted octanol–water partition coefficient (Wildman–Crippen LogP) is 3.18. The number of benzene rings is 2. The van der Waals surface area contributed by atoms with Crippen LogP contribution in [0.1, 0.15) is 16.7 Å². The topological polar surface area (TPSA) is 56.0 Å². The van der Waals surface area contributed by atoms with Gasteiger partial charge in [0.1, 0.15) is 11.8 Å². The van der Waals surface area contributed by atoms with Crippen LogP contribution in [0.15, 0.2) is 42.5 Å². The van der Waals surface area contributed by atoms with E-state index in [9.17, 15) is 5.11 Å². The number of nitrogens with zero attached hydrogens (tertiary/aromatic N) is 1. The van der Waals surface area contributed by atoms with E-state index in [1.54, 1.807) is 12.1 Å². The average molecular weight is 238 g/mol. The molecule has 3 heteroatoms. The molecule has 2 aromatic rings. The number of anilines is 1. The quantitative estimate of drug-likeness (QED) is 0.863. The minimum Gasteiger partial charge on any atom is -0.508 e. The maximum Gasteiger partial charge on any atom is 0.120 e. The zero-order chi connectivity index (χ0) is 13.0. The molecule has 0 unspecified atom stereocenters. The number of phenolic OH excluding ortho intramolecular Hbond substituents is 1. The van der Waals surface area contributed by atoms with Crippen LogP contribution in [-0.2, 0) is 6.54 Å². The van der Waals surface area contributed by atoms with E-state index in [0.717, 1.165) is 16.8 Å². The van der Waals surface area contributed by atoms with Crippen molar-refractivity contribution in [2.45, 2.75) is 13.5 Å². The van der Waals surface area contributed by atoms with Crippen molar-refractivity contribution in [1.29, 1.82) is 5.26 Å². The molecule has 0 radical (unpaired) electrons. The lowest BCUT2D eigenvalue weighted by Gasteiger charge is -2.10. The van der Waals surface area contributed by atoms with Gasteiger partial charge in [-0.1, -0.05) is 29.8 Å². The van der Waals surface area contributed by atoms with Crippen molar-refractivity contribution in [3.8, 4) is 11.8 Å². The van der Waals surface area contributed by atoms with E-state index in [4.69, 9.17) is 5.26 Å². The molecule has 0 aliphatic heterocycles. The highest BCUT2D eigenvalue weighted by Crippen LogP contribution is 2.21. The first-order valence-electron chi connectivity index (χ1n) is 5.72. The Morgan fingerprint density at radius 1 is 1.22 bits per heavy atom. The third-order valence-electron chi connectivity index (χ3n) is 2.75. The monoisotopic (exact) mass is 238 g/mol. The molecule has 18 heavy (non-hydrogen) atoms. The molecule has 90 valence electrons. The van der Waals surface area contributed by atoms with E-state index < -0.39 is 0 Å². The number of aryl methyl sites for hydroxylation is 1. The number of phenols is 1. The summed E-state index contributed by atoms with van der Waals surface area (Å²) in [5, 5.41) is 21.9. The molecule has 0 heterocycles. The van der Waals surface area contributed by atoms with Crippen LogP contribution in [0.2, 0.25) is 0 Å². The summed E-state index contributed by atoms with van der Waals surface area (Å²) in [7, 11) is 0. The molecule has 0 saturated carbocycles. The Hall–Kier alpha value is -2.47. The lowest BCUT2D eigenvalue weighted by molar-refractivity contribution is 0.469. The fraction of sp³-hybridized carbons (Fsp3) is 0.133. The van der Waals surface area contributed by atoms with Gasteiger partial charge in [-0.15, -0.1) is 0 Å². The van der Waals surface area contributed by atoms with Crippen molar-refractivity contribution >= 4 is 5.69 Å². The van der Waals surface area contributed by atoms with E-state index in [2.05, 4.69) is 11.4 Å². The first-order chi connectivity index (χ1) is 8.70. The normalized spacial score (nSPS) is 9.78.